The van der Waals surface area contributed by atoms with E-state index in [-0.39, 0.29) is 6.10 Å². The number of hydrogen-bond acceptors (Lipinski definition) is 3. The van der Waals surface area contributed by atoms with E-state index in [1.165, 1.54) is 5.69 Å². The molecular formula is C11H19N3O. The molecule has 1 aromatic rings. The summed E-state index contributed by atoms with van der Waals surface area (Å²) in [6, 6.07) is 2.06. The summed E-state index contributed by atoms with van der Waals surface area (Å²) in [5, 5.41) is 13.8. The summed E-state index contributed by atoms with van der Waals surface area (Å²) in [5.74, 6) is 0. The van der Waals surface area contributed by atoms with Gasteiger partial charge in [0.25, 0.3) is 0 Å². The van der Waals surface area contributed by atoms with Crippen molar-refractivity contribution in [2.75, 3.05) is 13.1 Å². The summed E-state index contributed by atoms with van der Waals surface area (Å²) < 4.78 is 2.01. The number of aromatic nitrogens is 2. The van der Waals surface area contributed by atoms with Crippen molar-refractivity contribution in [1.29, 1.82) is 0 Å². The molecule has 0 spiro atoms. The average Bonchev–Trinajstić information content (AvgIpc) is 2.65. The maximum atomic E-state index is 9.57. The summed E-state index contributed by atoms with van der Waals surface area (Å²) in [7, 11) is 0. The Balaban J connectivity index is 1.96. The van der Waals surface area contributed by atoms with Crippen molar-refractivity contribution in [3.63, 3.8) is 0 Å². The zero-order valence-corrected chi connectivity index (χ0v) is 9.26. The van der Waals surface area contributed by atoms with Crippen molar-refractivity contribution in [2.24, 2.45) is 0 Å². The molecule has 0 saturated carbocycles. The second-order valence-electron chi connectivity index (χ2n) is 4.17. The largest absolute Gasteiger partial charge is 0.392 e. The Labute approximate surface area is 90.5 Å². The number of β-amino-alcohol motifs (C(OH)–C–C–N with tert-alkyl or cyclic N) is 1. The summed E-state index contributed by atoms with van der Waals surface area (Å²) in [4.78, 5) is 2.30. The SMILES string of the molecule is CCn1nccc1CN1CCCC(O)C1. The Morgan fingerprint density at radius 3 is 3.20 bits per heavy atom. The van der Waals surface area contributed by atoms with E-state index in [2.05, 4.69) is 23.0 Å². The van der Waals surface area contributed by atoms with Gasteiger partial charge in [0.1, 0.15) is 0 Å². The molecule has 1 aliphatic heterocycles. The normalized spacial score (nSPS) is 23.2. The average molecular weight is 209 g/mol. The van der Waals surface area contributed by atoms with Gasteiger partial charge in [-0.1, -0.05) is 0 Å². The summed E-state index contributed by atoms with van der Waals surface area (Å²) >= 11 is 0. The molecule has 1 unspecified atom stereocenters. The fourth-order valence-electron chi connectivity index (χ4n) is 2.18. The molecule has 0 aliphatic carbocycles. The molecule has 84 valence electrons. The van der Waals surface area contributed by atoms with Crippen LogP contribution in [-0.2, 0) is 13.1 Å². The number of piperidine rings is 1. The first-order valence-corrected chi connectivity index (χ1v) is 5.70. The van der Waals surface area contributed by atoms with Gasteiger partial charge in [-0.05, 0) is 32.4 Å². The molecule has 1 N–H and O–H groups in total. The molecule has 1 atom stereocenters. The molecule has 15 heavy (non-hydrogen) atoms. The maximum Gasteiger partial charge on any atom is 0.0667 e. The minimum absolute atomic E-state index is 0.142. The van der Waals surface area contributed by atoms with Crippen molar-refractivity contribution in [3.05, 3.63) is 18.0 Å². The molecule has 4 nitrogen and oxygen atoms in total. The van der Waals surface area contributed by atoms with E-state index in [9.17, 15) is 5.11 Å². The van der Waals surface area contributed by atoms with Crippen molar-refractivity contribution >= 4 is 0 Å². The lowest BCUT2D eigenvalue weighted by atomic mass is 10.1. The second-order valence-corrected chi connectivity index (χ2v) is 4.17. The van der Waals surface area contributed by atoms with E-state index in [0.717, 1.165) is 39.0 Å². The van der Waals surface area contributed by atoms with Crippen molar-refractivity contribution < 1.29 is 5.11 Å². The topological polar surface area (TPSA) is 41.3 Å². The summed E-state index contributed by atoms with van der Waals surface area (Å²) in [6.07, 6.45) is 3.75. The van der Waals surface area contributed by atoms with E-state index < -0.39 is 0 Å². The zero-order valence-electron chi connectivity index (χ0n) is 9.26. The highest BCUT2D eigenvalue weighted by Gasteiger charge is 2.18. The third-order valence-electron chi connectivity index (χ3n) is 2.97. The van der Waals surface area contributed by atoms with Gasteiger partial charge in [0.2, 0.25) is 0 Å². The highest BCUT2D eigenvalue weighted by atomic mass is 16.3. The van der Waals surface area contributed by atoms with Crippen molar-refractivity contribution in [2.45, 2.75) is 39.0 Å². The summed E-state index contributed by atoms with van der Waals surface area (Å²) in [5.41, 5.74) is 1.24. The van der Waals surface area contributed by atoms with Gasteiger partial charge in [-0.15, -0.1) is 0 Å². The van der Waals surface area contributed by atoms with E-state index in [1.807, 2.05) is 10.9 Å². The lowest BCUT2D eigenvalue weighted by Gasteiger charge is -2.29. The number of aryl methyl sites for hydroxylation is 1. The number of likely N-dealkylation sites (tertiary alicyclic amines) is 1. The Morgan fingerprint density at radius 1 is 1.60 bits per heavy atom. The van der Waals surface area contributed by atoms with Crippen LogP contribution in [0.3, 0.4) is 0 Å². The van der Waals surface area contributed by atoms with Gasteiger partial charge in [-0.3, -0.25) is 9.58 Å². The van der Waals surface area contributed by atoms with Crippen LogP contribution in [0.4, 0.5) is 0 Å². The lowest BCUT2D eigenvalue weighted by molar-refractivity contribution is 0.0654. The van der Waals surface area contributed by atoms with Crippen LogP contribution in [-0.4, -0.2) is 39.0 Å². The first-order chi connectivity index (χ1) is 7.29. The van der Waals surface area contributed by atoms with Gasteiger partial charge >= 0.3 is 0 Å². The lowest BCUT2D eigenvalue weighted by Crippen LogP contribution is -2.38. The van der Waals surface area contributed by atoms with E-state index >= 15 is 0 Å². The fourth-order valence-corrected chi connectivity index (χ4v) is 2.18. The number of rotatable bonds is 3. The molecule has 0 aromatic carbocycles. The predicted octanol–water partition coefficient (Wildman–Crippen LogP) is 0.860. The maximum absolute atomic E-state index is 9.57. The molecule has 0 radical (unpaired) electrons. The second kappa shape index (κ2) is 4.77. The van der Waals surface area contributed by atoms with E-state index in [4.69, 9.17) is 0 Å². The van der Waals surface area contributed by atoms with Crippen LogP contribution in [0.15, 0.2) is 12.3 Å². The quantitative estimate of drug-likeness (QED) is 0.802. The predicted molar refractivity (Wildman–Crippen MR) is 58.4 cm³/mol. The molecule has 1 fully saturated rings. The van der Waals surface area contributed by atoms with Crippen molar-refractivity contribution in [3.8, 4) is 0 Å². The van der Waals surface area contributed by atoms with Crippen LogP contribution in [0.1, 0.15) is 25.5 Å². The molecule has 1 aliphatic rings. The van der Waals surface area contributed by atoms with Gasteiger partial charge in [-0.2, -0.15) is 5.10 Å². The van der Waals surface area contributed by atoms with Crippen molar-refractivity contribution in [1.82, 2.24) is 14.7 Å². The molecular weight excluding hydrogens is 190 g/mol. The van der Waals surface area contributed by atoms with Gasteiger partial charge in [-0.25, -0.2) is 0 Å². The minimum atomic E-state index is -0.142. The number of aliphatic hydroxyl groups excluding tert-OH is 1. The van der Waals surface area contributed by atoms with Crippen LogP contribution in [0, 0.1) is 0 Å². The first-order valence-electron chi connectivity index (χ1n) is 5.70. The fraction of sp³-hybridized carbons (Fsp3) is 0.727. The summed E-state index contributed by atoms with van der Waals surface area (Å²) in [6.45, 7) is 5.81. The number of nitrogens with zero attached hydrogens (tertiary/aromatic N) is 3. The molecule has 1 saturated heterocycles. The minimum Gasteiger partial charge on any atom is -0.392 e. The third-order valence-corrected chi connectivity index (χ3v) is 2.97. The van der Waals surface area contributed by atoms with Gasteiger partial charge < -0.3 is 5.11 Å². The van der Waals surface area contributed by atoms with Crippen LogP contribution >= 0.6 is 0 Å². The molecule has 4 heteroatoms. The highest BCUT2D eigenvalue weighted by molar-refractivity contribution is 5.00. The van der Waals surface area contributed by atoms with Crippen LogP contribution in [0.5, 0.6) is 0 Å². The third kappa shape index (κ3) is 2.58. The van der Waals surface area contributed by atoms with E-state index in [0.29, 0.717) is 0 Å². The monoisotopic (exact) mass is 209 g/mol. The molecule has 0 amide bonds. The molecule has 0 bridgehead atoms. The highest BCUT2D eigenvalue weighted by Crippen LogP contribution is 2.13. The molecule has 2 heterocycles. The van der Waals surface area contributed by atoms with Crippen LogP contribution in [0.25, 0.3) is 0 Å². The van der Waals surface area contributed by atoms with Crippen LogP contribution < -0.4 is 0 Å². The zero-order chi connectivity index (χ0) is 10.7. The Kier molecular flexibility index (Phi) is 3.38. The Morgan fingerprint density at radius 2 is 2.47 bits per heavy atom. The number of hydrogen-bond donors (Lipinski definition) is 1. The van der Waals surface area contributed by atoms with E-state index in [1.54, 1.807) is 0 Å². The standard InChI is InChI=1S/C11H19N3O/c1-2-14-10(5-6-12-14)8-13-7-3-4-11(15)9-13/h5-6,11,15H,2-4,7-9H2,1H3. The van der Waals surface area contributed by atoms with Gasteiger partial charge in [0.05, 0.1) is 11.8 Å². The van der Waals surface area contributed by atoms with Crippen LogP contribution in [0.2, 0.25) is 0 Å². The Hall–Kier alpha value is -0.870. The van der Waals surface area contributed by atoms with Gasteiger partial charge in [0.15, 0.2) is 0 Å². The smallest absolute Gasteiger partial charge is 0.0667 e. The molecule has 2 rings (SSSR count). The van der Waals surface area contributed by atoms with Gasteiger partial charge in [0, 0.05) is 25.8 Å². The first kappa shape index (κ1) is 10.6. The molecule has 1 aromatic heterocycles. The number of aliphatic hydroxyl groups is 1. The Bertz CT molecular complexity index is 311.